The molecule has 1 aromatic carbocycles. The summed E-state index contributed by atoms with van der Waals surface area (Å²) in [6.45, 7) is 2.30. The van der Waals surface area contributed by atoms with Gasteiger partial charge in [0, 0.05) is 38.2 Å². The molecule has 0 saturated carbocycles. The van der Waals surface area contributed by atoms with Crippen molar-refractivity contribution in [3.8, 4) is 0 Å². The smallest absolute Gasteiger partial charge is 0.303 e. The van der Waals surface area contributed by atoms with E-state index in [0.29, 0.717) is 57.8 Å². The lowest BCUT2D eigenvalue weighted by Crippen LogP contribution is -2.41. The molecule has 148 valence electrons. The lowest BCUT2D eigenvalue weighted by molar-refractivity contribution is -0.138. The van der Waals surface area contributed by atoms with Gasteiger partial charge in [-0.15, -0.1) is 0 Å². The molecule has 0 bridgehead atoms. The van der Waals surface area contributed by atoms with Gasteiger partial charge in [-0.05, 0) is 37.0 Å². The number of nitrogens with zero attached hydrogens (tertiary/aromatic N) is 2. The number of carbonyl (C=O) groups is 2. The van der Waals surface area contributed by atoms with E-state index in [4.69, 9.17) is 9.84 Å². The molecular weight excluding hydrogens is 372 g/mol. The molecule has 1 N–H and O–H groups in total. The second kappa shape index (κ2) is 8.37. The number of carbonyl (C=O) groups excluding carboxylic acids is 1. The highest BCUT2D eigenvalue weighted by Gasteiger charge is 2.29. The van der Waals surface area contributed by atoms with Crippen molar-refractivity contribution in [1.29, 1.82) is 0 Å². The zero-order chi connectivity index (χ0) is 19.4. The fraction of sp³-hybridized carbons (Fsp3) is 0.556. The van der Waals surface area contributed by atoms with Crippen LogP contribution in [0.25, 0.3) is 0 Å². The Hall–Kier alpha value is -1.97. The molecule has 2 fully saturated rings. The van der Waals surface area contributed by atoms with E-state index in [-0.39, 0.29) is 23.1 Å². The molecule has 2 heterocycles. The van der Waals surface area contributed by atoms with E-state index in [9.17, 15) is 18.0 Å². The van der Waals surface area contributed by atoms with Gasteiger partial charge in [0.05, 0.1) is 18.1 Å². The Labute approximate surface area is 158 Å². The van der Waals surface area contributed by atoms with Crippen molar-refractivity contribution in [3.63, 3.8) is 0 Å². The van der Waals surface area contributed by atoms with Crippen molar-refractivity contribution in [1.82, 2.24) is 9.21 Å². The number of hydrogen-bond acceptors (Lipinski definition) is 5. The fourth-order valence-electron chi connectivity index (χ4n) is 3.50. The molecule has 0 aliphatic carbocycles. The Bertz CT molecular complexity index is 796. The Kier molecular flexibility index (Phi) is 6.13. The predicted octanol–water partition coefficient (Wildman–Crippen LogP) is 1.03. The molecule has 0 aromatic heterocycles. The molecule has 2 aliphatic heterocycles. The van der Waals surface area contributed by atoms with Crippen molar-refractivity contribution in [2.24, 2.45) is 5.92 Å². The van der Waals surface area contributed by atoms with Crippen LogP contribution in [0, 0.1) is 5.92 Å². The summed E-state index contributed by atoms with van der Waals surface area (Å²) in [5, 5.41) is 8.88. The number of sulfonamides is 1. The fourth-order valence-corrected chi connectivity index (χ4v) is 4.95. The number of likely N-dealkylation sites (tertiary alicyclic amines) is 1. The number of carboxylic acids is 1. The minimum Gasteiger partial charge on any atom is -0.481 e. The number of piperidine rings is 1. The lowest BCUT2D eigenvalue weighted by Gasteiger charge is -2.31. The first-order valence-corrected chi connectivity index (χ1v) is 10.5. The number of carboxylic acid groups (broad SMARTS) is 1. The second-order valence-corrected chi connectivity index (χ2v) is 8.82. The summed E-state index contributed by atoms with van der Waals surface area (Å²) in [6, 6.07) is 6.12. The van der Waals surface area contributed by atoms with Gasteiger partial charge in [0.25, 0.3) is 5.91 Å². The molecule has 8 nitrogen and oxygen atoms in total. The van der Waals surface area contributed by atoms with Crippen LogP contribution in [0.4, 0.5) is 0 Å². The van der Waals surface area contributed by atoms with Crippen molar-refractivity contribution in [2.75, 3.05) is 39.4 Å². The maximum absolute atomic E-state index is 12.8. The number of benzene rings is 1. The normalized spacial score (nSPS) is 19.8. The summed E-state index contributed by atoms with van der Waals surface area (Å²) in [7, 11) is -3.65. The summed E-state index contributed by atoms with van der Waals surface area (Å²) < 4.78 is 32.1. The van der Waals surface area contributed by atoms with Gasteiger partial charge in [-0.1, -0.05) is 6.07 Å². The zero-order valence-corrected chi connectivity index (χ0v) is 15.9. The third kappa shape index (κ3) is 4.66. The van der Waals surface area contributed by atoms with E-state index in [1.165, 1.54) is 16.4 Å². The first kappa shape index (κ1) is 19.8. The third-order valence-electron chi connectivity index (χ3n) is 5.05. The largest absolute Gasteiger partial charge is 0.481 e. The van der Waals surface area contributed by atoms with Crippen LogP contribution in [-0.4, -0.2) is 74.0 Å². The van der Waals surface area contributed by atoms with E-state index in [2.05, 4.69) is 0 Å². The maximum Gasteiger partial charge on any atom is 0.303 e. The summed E-state index contributed by atoms with van der Waals surface area (Å²) in [5.41, 5.74) is 0.334. The number of ether oxygens (including phenoxy) is 1. The van der Waals surface area contributed by atoms with Gasteiger partial charge in [-0.25, -0.2) is 8.42 Å². The van der Waals surface area contributed by atoms with Crippen molar-refractivity contribution in [3.05, 3.63) is 29.8 Å². The molecule has 0 radical (unpaired) electrons. The molecule has 3 rings (SSSR count). The molecule has 2 saturated heterocycles. The van der Waals surface area contributed by atoms with Gasteiger partial charge in [0.15, 0.2) is 0 Å². The third-order valence-corrected chi connectivity index (χ3v) is 6.95. The molecular formula is C18H24N2O6S. The molecule has 27 heavy (non-hydrogen) atoms. The van der Waals surface area contributed by atoms with Crippen LogP contribution in [-0.2, 0) is 19.6 Å². The van der Waals surface area contributed by atoms with Crippen molar-refractivity contribution in [2.45, 2.75) is 24.2 Å². The van der Waals surface area contributed by atoms with E-state index in [0.717, 1.165) is 0 Å². The molecule has 0 atom stereocenters. The first-order chi connectivity index (χ1) is 12.9. The standard InChI is InChI=1S/C18H24N2O6S/c21-17(22)12-14-4-6-19(7-5-14)18(23)15-2-1-3-16(13-15)27(24,25)20-8-10-26-11-9-20/h1-3,13-14H,4-12H2,(H,21,22). The average Bonchev–Trinajstić information content (AvgIpc) is 2.68. The van der Waals surface area contributed by atoms with E-state index in [1.54, 1.807) is 17.0 Å². The number of hydrogen-bond donors (Lipinski definition) is 1. The van der Waals surface area contributed by atoms with Crippen LogP contribution in [0.15, 0.2) is 29.2 Å². The van der Waals surface area contributed by atoms with E-state index >= 15 is 0 Å². The van der Waals surface area contributed by atoms with Gasteiger partial charge < -0.3 is 14.7 Å². The van der Waals surface area contributed by atoms with Gasteiger partial charge in [0.2, 0.25) is 10.0 Å². The van der Waals surface area contributed by atoms with Crippen LogP contribution in [0.5, 0.6) is 0 Å². The lowest BCUT2D eigenvalue weighted by atomic mass is 9.93. The minimum absolute atomic E-state index is 0.0829. The number of aliphatic carboxylic acids is 1. The monoisotopic (exact) mass is 396 g/mol. The summed E-state index contributed by atoms with van der Waals surface area (Å²) in [4.78, 5) is 25.4. The molecule has 9 heteroatoms. The van der Waals surface area contributed by atoms with Crippen molar-refractivity contribution >= 4 is 21.9 Å². The van der Waals surface area contributed by atoms with E-state index < -0.39 is 16.0 Å². The Balaban J connectivity index is 1.70. The average molecular weight is 396 g/mol. The first-order valence-electron chi connectivity index (χ1n) is 9.07. The zero-order valence-electron chi connectivity index (χ0n) is 15.0. The van der Waals surface area contributed by atoms with Crippen molar-refractivity contribution < 1.29 is 27.9 Å². The quantitative estimate of drug-likeness (QED) is 0.797. The molecule has 2 aliphatic rings. The predicted molar refractivity (Wildman–Crippen MR) is 96.9 cm³/mol. The Morgan fingerprint density at radius 1 is 1.11 bits per heavy atom. The maximum atomic E-state index is 12.8. The molecule has 1 aromatic rings. The van der Waals surface area contributed by atoms with E-state index in [1.807, 2.05) is 0 Å². The highest BCUT2D eigenvalue weighted by molar-refractivity contribution is 7.89. The summed E-state index contributed by atoms with van der Waals surface area (Å²) in [6.07, 6.45) is 1.41. The van der Waals surface area contributed by atoms with Gasteiger partial charge in [-0.2, -0.15) is 4.31 Å². The number of amides is 1. The van der Waals surface area contributed by atoms with Gasteiger partial charge in [-0.3, -0.25) is 9.59 Å². The van der Waals surface area contributed by atoms with Crippen LogP contribution < -0.4 is 0 Å². The van der Waals surface area contributed by atoms with Gasteiger partial charge >= 0.3 is 5.97 Å². The van der Waals surface area contributed by atoms with Crippen LogP contribution >= 0.6 is 0 Å². The highest BCUT2D eigenvalue weighted by atomic mass is 32.2. The van der Waals surface area contributed by atoms with Crippen LogP contribution in [0.3, 0.4) is 0 Å². The Morgan fingerprint density at radius 3 is 2.41 bits per heavy atom. The molecule has 0 unspecified atom stereocenters. The SMILES string of the molecule is O=C(O)CC1CCN(C(=O)c2cccc(S(=O)(=O)N3CCOCC3)c2)CC1. The Morgan fingerprint density at radius 2 is 1.78 bits per heavy atom. The summed E-state index contributed by atoms with van der Waals surface area (Å²) >= 11 is 0. The number of rotatable bonds is 5. The van der Waals surface area contributed by atoms with Crippen LogP contribution in [0.1, 0.15) is 29.6 Å². The van der Waals surface area contributed by atoms with Gasteiger partial charge in [0.1, 0.15) is 0 Å². The number of morpholine rings is 1. The minimum atomic E-state index is -3.65. The molecule has 0 spiro atoms. The highest BCUT2D eigenvalue weighted by Crippen LogP contribution is 2.23. The van der Waals surface area contributed by atoms with Crippen LogP contribution in [0.2, 0.25) is 0 Å². The second-order valence-electron chi connectivity index (χ2n) is 6.88. The summed E-state index contributed by atoms with van der Waals surface area (Å²) in [5.74, 6) is -0.955. The topological polar surface area (TPSA) is 104 Å². The molecule has 1 amide bonds.